The average Bonchev–Trinajstić information content (AvgIpc) is 3.27. The summed E-state index contributed by atoms with van der Waals surface area (Å²) in [6.45, 7) is 0. The fourth-order valence-electron chi connectivity index (χ4n) is 4.52. The van der Waals surface area contributed by atoms with E-state index in [1.165, 1.54) is 7.11 Å². The number of esters is 1. The van der Waals surface area contributed by atoms with Crippen molar-refractivity contribution in [2.24, 2.45) is 4.99 Å². The number of carbonyl (C=O) groups excluding carboxylic acids is 1. The molecule has 0 N–H and O–H groups in total. The maximum absolute atomic E-state index is 13.2. The molecule has 0 aromatic heterocycles. The Kier molecular flexibility index (Phi) is 5.87. The number of fused-ring (bicyclic) bond motifs is 1. The van der Waals surface area contributed by atoms with Crippen molar-refractivity contribution in [3.63, 3.8) is 0 Å². The first-order valence-corrected chi connectivity index (χ1v) is 11.2. The summed E-state index contributed by atoms with van der Waals surface area (Å²) in [7, 11) is 1.34. The van der Waals surface area contributed by atoms with E-state index in [-0.39, 0.29) is 0 Å². The molecular formula is C30H22N2O3. The molecule has 0 aliphatic carbocycles. The van der Waals surface area contributed by atoms with Crippen molar-refractivity contribution >= 4 is 11.7 Å². The number of aliphatic imine (C=N–C) groups is 1. The van der Waals surface area contributed by atoms with Crippen molar-refractivity contribution in [2.45, 2.75) is 11.6 Å². The van der Waals surface area contributed by atoms with Crippen LogP contribution in [-0.2, 0) is 15.1 Å². The van der Waals surface area contributed by atoms with Crippen LogP contribution in [0.4, 0.5) is 0 Å². The number of hydrogen-bond donors (Lipinski definition) is 0. The van der Waals surface area contributed by atoms with Crippen molar-refractivity contribution in [1.29, 1.82) is 5.26 Å². The third kappa shape index (κ3) is 3.85. The van der Waals surface area contributed by atoms with Gasteiger partial charge in [0.2, 0.25) is 6.10 Å². The summed E-state index contributed by atoms with van der Waals surface area (Å²) in [6.07, 6.45) is -1.06. The summed E-state index contributed by atoms with van der Waals surface area (Å²) < 4.78 is 11.4. The molecular weight excluding hydrogens is 436 g/mol. The van der Waals surface area contributed by atoms with Crippen LogP contribution in [-0.4, -0.2) is 24.9 Å². The summed E-state index contributed by atoms with van der Waals surface area (Å²) >= 11 is 0. The molecule has 0 saturated carbocycles. The SMILES string of the molecule is COC(=O)[C@@H]1Oc2ccccc2[C@]1(N=C(c1ccccc1)c1ccccc1)c1ccc(C#N)cc1. The van der Waals surface area contributed by atoms with Gasteiger partial charge in [0.25, 0.3) is 0 Å². The molecule has 2 atom stereocenters. The quantitative estimate of drug-likeness (QED) is 0.302. The number of nitrogens with zero attached hydrogens (tertiary/aromatic N) is 2. The Balaban J connectivity index is 1.87. The second kappa shape index (κ2) is 9.28. The lowest BCUT2D eigenvalue weighted by molar-refractivity contribution is -0.150. The molecule has 170 valence electrons. The summed E-state index contributed by atoms with van der Waals surface area (Å²) in [4.78, 5) is 18.6. The smallest absolute Gasteiger partial charge is 0.350 e. The second-order valence-corrected chi connectivity index (χ2v) is 8.17. The molecule has 35 heavy (non-hydrogen) atoms. The zero-order valence-corrected chi connectivity index (χ0v) is 19.1. The summed E-state index contributed by atoms with van der Waals surface area (Å²) in [5, 5.41) is 9.36. The van der Waals surface area contributed by atoms with E-state index in [1.54, 1.807) is 12.1 Å². The normalized spacial score (nSPS) is 18.0. The lowest BCUT2D eigenvalue weighted by Gasteiger charge is -2.31. The number of ether oxygens (including phenoxy) is 2. The van der Waals surface area contributed by atoms with Crippen LogP contribution in [0.25, 0.3) is 0 Å². The van der Waals surface area contributed by atoms with E-state index in [0.717, 1.165) is 22.3 Å². The molecule has 0 radical (unpaired) electrons. The van der Waals surface area contributed by atoms with Gasteiger partial charge in [-0.2, -0.15) is 5.26 Å². The van der Waals surface area contributed by atoms with Crippen LogP contribution in [0.2, 0.25) is 0 Å². The molecule has 0 spiro atoms. The third-order valence-electron chi connectivity index (χ3n) is 6.17. The van der Waals surface area contributed by atoms with Gasteiger partial charge in [-0.1, -0.05) is 91.0 Å². The Hall–Kier alpha value is -4.69. The number of hydrogen-bond acceptors (Lipinski definition) is 5. The van der Waals surface area contributed by atoms with E-state index in [4.69, 9.17) is 14.5 Å². The summed E-state index contributed by atoms with van der Waals surface area (Å²) in [6, 6.07) is 36.5. The van der Waals surface area contributed by atoms with Gasteiger partial charge >= 0.3 is 5.97 Å². The van der Waals surface area contributed by atoms with E-state index in [1.807, 2.05) is 97.1 Å². The van der Waals surface area contributed by atoms with Crippen molar-refractivity contribution in [3.8, 4) is 11.8 Å². The van der Waals surface area contributed by atoms with E-state index < -0.39 is 17.6 Å². The number of methoxy groups -OCH3 is 1. The van der Waals surface area contributed by atoms with Gasteiger partial charge in [0.1, 0.15) is 5.75 Å². The lowest BCUT2D eigenvalue weighted by Crippen LogP contribution is -2.45. The minimum Gasteiger partial charge on any atom is -0.475 e. The number of nitriles is 1. The van der Waals surface area contributed by atoms with E-state index in [9.17, 15) is 10.1 Å². The molecule has 4 aromatic rings. The Morgan fingerprint density at radius 3 is 2.00 bits per heavy atom. The highest BCUT2D eigenvalue weighted by Crippen LogP contribution is 2.49. The van der Waals surface area contributed by atoms with Crippen LogP contribution in [0.5, 0.6) is 5.75 Å². The van der Waals surface area contributed by atoms with Crippen molar-refractivity contribution in [2.75, 3.05) is 7.11 Å². The number of benzene rings is 4. The highest BCUT2D eigenvalue weighted by Gasteiger charge is 2.55. The second-order valence-electron chi connectivity index (χ2n) is 8.17. The highest BCUT2D eigenvalue weighted by atomic mass is 16.6. The Morgan fingerprint density at radius 2 is 1.43 bits per heavy atom. The average molecular weight is 459 g/mol. The summed E-state index contributed by atoms with van der Waals surface area (Å²) in [5.74, 6) is 0.0336. The molecule has 0 unspecified atom stereocenters. The van der Waals surface area contributed by atoms with Gasteiger partial charge in [0.05, 0.1) is 24.5 Å². The first kappa shape index (κ1) is 22.1. The first-order valence-electron chi connectivity index (χ1n) is 11.2. The van der Waals surface area contributed by atoms with E-state index in [2.05, 4.69) is 6.07 Å². The molecule has 5 nitrogen and oxygen atoms in total. The molecule has 0 saturated heterocycles. The molecule has 1 aliphatic rings. The Bertz CT molecular complexity index is 1380. The van der Waals surface area contributed by atoms with Crippen LogP contribution in [0, 0.1) is 11.3 Å². The van der Waals surface area contributed by atoms with Crippen LogP contribution < -0.4 is 4.74 Å². The van der Waals surface area contributed by atoms with Gasteiger partial charge in [-0.3, -0.25) is 4.99 Å². The molecule has 0 fully saturated rings. The zero-order valence-electron chi connectivity index (χ0n) is 19.1. The molecule has 1 heterocycles. The Morgan fingerprint density at radius 1 is 0.857 bits per heavy atom. The van der Waals surface area contributed by atoms with Gasteiger partial charge in [-0.15, -0.1) is 0 Å². The van der Waals surface area contributed by atoms with Crippen molar-refractivity contribution in [3.05, 3.63) is 137 Å². The maximum atomic E-state index is 13.2. The van der Waals surface area contributed by atoms with Gasteiger partial charge < -0.3 is 9.47 Å². The molecule has 4 aromatic carbocycles. The monoisotopic (exact) mass is 458 g/mol. The van der Waals surface area contributed by atoms with Crippen LogP contribution in [0.15, 0.2) is 114 Å². The highest BCUT2D eigenvalue weighted by molar-refractivity contribution is 6.13. The van der Waals surface area contributed by atoms with Crippen LogP contribution >= 0.6 is 0 Å². The van der Waals surface area contributed by atoms with E-state index in [0.29, 0.717) is 17.0 Å². The van der Waals surface area contributed by atoms with Gasteiger partial charge in [0, 0.05) is 16.7 Å². The van der Waals surface area contributed by atoms with Crippen molar-refractivity contribution in [1.82, 2.24) is 0 Å². The molecule has 0 amide bonds. The standard InChI is InChI=1S/C30H22N2O3/c1-34-29(33)28-30(24-18-16-21(20-31)17-19-24,25-14-8-9-15-26(25)35-28)32-27(22-10-4-2-5-11-22)23-12-6-3-7-13-23/h2-19,28H,1H3/t28-,30+/m0/s1. The molecule has 5 heteroatoms. The van der Waals surface area contributed by atoms with Gasteiger partial charge in [-0.25, -0.2) is 4.79 Å². The summed E-state index contributed by atoms with van der Waals surface area (Å²) in [5.41, 5.74) is 3.27. The maximum Gasteiger partial charge on any atom is 0.350 e. The molecule has 0 bridgehead atoms. The van der Waals surface area contributed by atoms with Crippen molar-refractivity contribution < 1.29 is 14.3 Å². The predicted octanol–water partition coefficient (Wildman–Crippen LogP) is 5.27. The largest absolute Gasteiger partial charge is 0.475 e. The topological polar surface area (TPSA) is 71.7 Å². The Labute approximate surface area is 203 Å². The minimum atomic E-state index is -1.24. The van der Waals surface area contributed by atoms with E-state index >= 15 is 0 Å². The van der Waals surface area contributed by atoms with Crippen LogP contribution in [0.3, 0.4) is 0 Å². The predicted molar refractivity (Wildman–Crippen MR) is 133 cm³/mol. The first-order chi connectivity index (χ1) is 17.2. The lowest BCUT2D eigenvalue weighted by atomic mass is 9.79. The van der Waals surface area contributed by atoms with Gasteiger partial charge in [0.15, 0.2) is 5.54 Å². The minimum absolute atomic E-state index is 0.515. The van der Waals surface area contributed by atoms with Gasteiger partial charge in [-0.05, 0) is 23.8 Å². The fraction of sp³-hybridized carbons (Fsp3) is 0.100. The third-order valence-corrected chi connectivity index (χ3v) is 6.17. The number of carbonyl (C=O) groups is 1. The molecule has 1 aliphatic heterocycles. The number of rotatable bonds is 5. The molecule has 5 rings (SSSR count). The fourth-order valence-corrected chi connectivity index (χ4v) is 4.52. The number of para-hydroxylation sites is 1. The van der Waals surface area contributed by atoms with Crippen LogP contribution in [0.1, 0.15) is 27.8 Å². The zero-order chi connectivity index (χ0) is 24.3.